The summed E-state index contributed by atoms with van der Waals surface area (Å²) in [6.45, 7) is 0.122. The maximum absolute atomic E-state index is 12.1. The molecule has 0 aromatic heterocycles. The SMILES string of the molecule is CN(C)S(=O)(=O)c1cccc(C(=O)OCc2ccc(Br)cc2)c1. The zero-order chi connectivity index (χ0) is 17.0. The third kappa shape index (κ3) is 4.40. The summed E-state index contributed by atoms with van der Waals surface area (Å²) >= 11 is 3.33. The highest BCUT2D eigenvalue weighted by molar-refractivity contribution is 9.10. The molecule has 23 heavy (non-hydrogen) atoms. The lowest BCUT2D eigenvalue weighted by Gasteiger charge is -2.12. The molecule has 0 bridgehead atoms. The lowest BCUT2D eigenvalue weighted by atomic mass is 10.2. The summed E-state index contributed by atoms with van der Waals surface area (Å²) in [5, 5.41) is 0. The monoisotopic (exact) mass is 397 g/mol. The van der Waals surface area contributed by atoms with Gasteiger partial charge in [-0.1, -0.05) is 34.1 Å². The second-order valence-electron chi connectivity index (χ2n) is 5.02. The fraction of sp³-hybridized carbons (Fsp3) is 0.188. The molecule has 7 heteroatoms. The van der Waals surface area contributed by atoms with Gasteiger partial charge in [-0.3, -0.25) is 0 Å². The minimum absolute atomic E-state index is 0.0561. The molecule has 2 aromatic rings. The topological polar surface area (TPSA) is 63.7 Å². The highest BCUT2D eigenvalue weighted by Gasteiger charge is 2.19. The summed E-state index contributed by atoms with van der Waals surface area (Å²) in [7, 11) is -0.708. The van der Waals surface area contributed by atoms with E-state index in [0.29, 0.717) is 0 Å². The fourth-order valence-electron chi connectivity index (χ4n) is 1.81. The number of esters is 1. The van der Waals surface area contributed by atoms with Crippen molar-refractivity contribution < 1.29 is 17.9 Å². The van der Waals surface area contributed by atoms with Gasteiger partial charge in [0, 0.05) is 18.6 Å². The molecule has 0 unspecified atom stereocenters. The molecule has 0 spiro atoms. The van der Waals surface area contributed by atoms with Crippen molar-refractivity contribution >= 4 is 31.9 Å². The maximum Gasteiger partial charge on any atom is 0.338 e. The normalized spacial score (nSPS) is 11.5. The van der Waals surface area contributed by atoms with E-state index in [1.54, 1.807) is 0 Å². The molecule has 0 fully saturated rings. The smallest absolute Gasteiger partial charge is 0.338 e. The number of ether oxygens (including phenoxy) is 1. The van der Waals surface area contributed by atoms with E-state index in [4.69, 9.17) is 4.74 Å². The van der Waals surface area contributed by atoms with E-state index in [-0.39, 0.29) is 17.1 Å². The molecule has 0 N–H and O–H groups in total. The van der Waals surface area contributed by atoms with Gasteiger partial charge in [-0.25, -0.2) is 17.5 Å². The standard InChI is InChI=1S/C16H16BrNO4S/c1-18(2)23(20,21)15-5-3-4-13(10-15)16(19)22-11-12-6-8-14(17)9-7-12/h3-10H,11H2,1-2H3. The number of sulfonamides is 1. The number of halogens is 1. The first kappa shape index (κ1) is 17.7. The highest BCUT2D eigenvalue weighted by atomic mass is 79.9. The van der Waals surface area contributed by atoms with Crippen LogP contribution in [0, 0.1) is 0 Å². The average Bonchev–Trinajstić information content (AvgIpc) is 2.54. The first-order valence-electron chi connectivity index (χ1n) is 6.75. The number of carbonyl (C=O) groups is 1. The lowest BCUT2D eigenvalue weighted by Crippen LogP contribution is -2.22. The summed E-state index contributed by atoms with van der Waals surface area (Å²) < 4.78 is 31.4. The minimum atomic E-state index is -3.58. The first-order chi connectivity index (χ1) is 10.8. The van der Waals surface area contributed by atoms with E-state index >= 15 is 0 Å². The number of nitrogens with zero attached hydrogens (tertiary/aromatic N) is 1. The summed E-state index contributed by atoms with van der Waals surface area (Å²) in [5.74, 6) is -0.566. The summed E-state index contributed by atoms with van der Waals surface area (Å²) in [5.41, 5.74) is 1.05. The minimum Gasteiger partial charge on any atom is -0.457 e. The molecular formula is C16H16BrNO4S. The van der Waals surface area contributed by atoms with Crippen LogP contribution in [0.4, 0.5) is 0 Å². The molecule has 2 rings (SSSR count). The highest BCUT2D eigenvalue weighted by Crippen LogP contribution is 2.16. The van der Waals surface area contributed by atoms with Crippen LogP contribution in [-0.4, -0.2) is 32.8 Å². The van der Waals surface area contributed by atoms with Gasteiger partial charge >= 0.3 is 5.97 Å². The van der Waals surface area contributed by atoms with Gasteiger partial charge in [0.05, 0.1) is 10.5 Å². The zero-order valence-corrected chi connectivity index (χ0v) is 15.1. The van der Waals surface area contributed by atoms with Gasteiger partial charge in [0.2, 0.25) is 10.0 Å². The van der Waals surface area contributed by atoms with Crippen LogP contribution in [0.5, 0.6) is 0 Å². The number of carbonyl (C=O) groups excluding carboxylic acids is 1. The van der Waals surface area contributed by atoms with Crippen LogP contribution in [0.3, 0.4) is 0 Å². The Bertz CT molecular complexity index is 801. The Labute approximate surface area is 144 Å². The van der Waals surface area contributed by atoms with Crippen molar-refractivity contribution in [2.45, 2.75) is 11.5 Å². The van der Waals surface area contributed by atoms with Crippen LogP contribution >= 0.6 is 15.9 Å². The molecule has 0 heterocycles. The quantitative estimate of drug-likeness (QED) is 0.727. The van der Waals surface area contributed by atoms with Crippen LogP contribution in [0.15, 0.2) is 57.9 Å². The van der Waals surface area contributed by atoms with Crippen LogP contribution in [-0.2, 0) is 21.4 Å². The molecular weight excluding hydrogens is 382 g/mol. The first-order valence-corrected chi connectivity index (χ1v) is 8.98. The largest absolute Gasteiger partial charge is 0.457 e. The van der Waals surface area contributed by atoms with E-state index in [0.717, 1.165) is 14.3 Å². The molecule has 0 amide bonds. The number of rotatable bonds is 5. The van der Waals surface area contributed by atoms with Crippen LogP contribution < -0.4 is 0 Å². The van der Waals surface area contributed by atoms with Gasteiger partial charge in [-0.2, -0.15) is 0 Å². The molecule has 0 aliphatic heterocycles. The molecule has 2 aromatic carbocycles. The Balaban J connectivity index is 2.12. The van der Waals surface area contributed by atoms with E-state index in [1.165, 1.54) is 38.4 Å². The molecule has 0 atom stereocenters. The molecule has 5 nitrogen and oxygen atoms in total. The predicted molar refractivity (Wildman–Crippen MR) is 90.6 cm³/mol. The average molecular weight is 398 g/mol. The van der Waals surface area contributed by atoms with Gasteiger partial charge < -0.3 is 4.74 Å². The van der Waals surface area contributed by atoms with Gasteiger partial charge in [0.15, 0.2) is 0 Å². The van der Waals surface area contributed by atoms with Crippen molar-refractivity contribution in [1.82, 2.24) is 4.31 Å². The summed E-state index contributed by atoms with van der Waals surface area (Å²) in [6.07, 6.45) is 0. The Morgan fingerprint density at radius 2 is 1.78 bits per heavy atom. The van der Waals surface area contributed by atoms with E-state index < -0.39 is 16.0 Å². The van der Waals surface area contributed by atoms with Gasteiger partial charge in [0.25, 0.3) is 0 Å². The number of hydrogen-bond donors (Lipinski definition) is 0. The third-order valence-corrected chi connectivity index (χ3v) is 5.47. The third-order valence-electron chi connectivity index (χ3n) is 3.13. The van der Waals surface area contributed by atoms with Crippen molar-refractivity contribution in [3.63, 3.8) is 0 Å². The Kier molecular flexibility index (Phi) is 5.56. The molecule has 0 saturated carbocycles. The van der Waals surface area contributed by atoms with Crippen LogP contribution in [0.25, 0.3) is 0 Å². The summed E-state index contributed by atoms with van der Waals surface area (Å²) in [6, 6.07) is 13.2. The maximum atomic E-state index is 12.1. The van der Waals surface area contributed by atoms with E-state index in [1.807, 2.05) is 24.3 Å². The van der Waals surface area contributed by atoms with E-state index in [9.17, 15) is 13.2 Å². The number of benzene rings is 2. The Morgan fingerprint density at radius 1 is 1.13 bits per heavy atom. The number of hydrogen-bond acceptors (Lipinski definition) is 4. The van der Waals surface area contributed by atoms with Crippen molar-refractivity contribution in [3.8, 4) is 0 Å². The lowest BCUT2D eigenvalue weighted by molar-refractivity contribution is 0.0472. The van der Waals surface area contributed by atoms with Crippen LogP contribution in [0.2, 0.25) is 0 Å². The van der Waals surface area contributed by atoms with Gasteiger partial charge in [0.1, 0.15) is 6.61 Å². The van der Waals surface area contributed by atoms with Crippen molar-refractivity contribution in [2.24, 2.45) is 0 Å². The summed E-state index contributed by atoms with van der Waals surface area (Å²) in [4.78, 5) is 12.2. The van der Waals surface area contributed by atoms with Crippen molar-refractivity contribution in [1.29, 1.82) is 0 Å². The van der Waals surface area contributed by atoms with Gasteiger partial charge in [-0.15, -0.1) is 0 Å². The molecule has 0 aliphatic carbocycles. The van der Waals surface area contributed by atoms with Crippen molar-refractivity contribution in [3.05, 3.63) is 64.1 Å². The van der Waals surface area contributed by atoms with Crippen molar-refractivity contribution in [2.75, 3.05) is 14.1 Å². The predicted octanol–water partition coefficient (Wildman–Crippen LogP) is 3.06. The Morgan fingerprint density at radius 3 is 2.39 bits per heavy atom. The van der Waals surface area contributed by atoms with Crippen LogP contribution in [0.1, 0.15) is 15.9 Å². The second kappa shape index (κ2) is 7.25. The Hall–Kier alpha value is -1.70. The molecule has 0 aliphatic rings. The zero-order valence-electron chi connectivity index (χ0n) is 12.7. The fourth-order valence-corrected chi connectivity index (χ4v) is 3.02. The second-order valence-corrected chi connectivity index (χ2v) is 8.09. The van der Waals surface area contributed by atoms with Gasteiger partial charge in [-0.05, 0) is 35.9 Å². The molecule has 0 radical (unpaired) electrons. The van der Waals surface area contributed by atoms with E-state index in [2.05, 4.69) is 15.9 Å². The molecule has 122 valence electrons. The molecule has 0 saturated heterocycles.